The number of aromatic hydroxyl groups is 4. The number of unbranched alkanes of at least 4 members (excludes halogenated alkanes) is 3. The van der Waals surface area contributed by atoms with Gasteiger partial charge in [-0.1, -0.05) is 25.0 Å². The summed E-state index contributed by atoms with van der Waals surface area (Å²) in [5.74, 6) is -1.25. The van der Waals surface area contributed by atoms with Crippen molar-refractivity contribution in [3.05, 3.63) is 71.8 Å². The number of nitrogens with one attached hydrogen (secondary N) is 2. The van der Waals surface area contributed by atoms with Gasteiger partial charge < -0.3 is 31.1 Å². The second-order valence-electron chi connectivity index (χ2n) is 8.73. The van der Waals surface area contributed by atoms with Crippen LogP contribution in [0.4, 0.5) is 0 Å². The summed E-state index contributed by atoms with van der Waals surface area (Å²) in [6, 6.07) is 15.9. The van der Waals surface area contributed by atoms with E-state index in [-0.39, 0.29) is 34.8 Å². The molecule has 0 aliphatic carbocycles. The van der Waals surface area contributed by atoms with Gasteiger partial charge in [-0.25, -0.2) is 0 Å². The van der Waals surface area contributed by atoms with E-state index in [4.69, 9.17) is 0 Å². The van der Waals surface area contributed by atoms with Crippen molar-refractivity contribution in [1.82, 2.24) is 10.6 Å². The summed E-state index contributed by atoms with van der Waals surface area (Å²) in [5, 5.41) is 47.1. The molecule has 0 radical (unpaired) electrons. The van der Waals surface area contributed by atoms with E-state index in [1.165, 1.54) is 24.3 Å². The molecule has 2 amide bonds. The van der Waals surface area contributed by atoms with E-state index in [0.29, 0.717) is 35.0 Å². The van der Waals surface area contributed by atoms with Crippen molar-refractivity contribution >= 4 is 33.4 Å². The SMILES string of the molecule is O=C(NCCCCCCNC(=O)c1ccc2cc(O)c(O)cc2c1)c1ccc2cc(O)c(O)cc2c1. The quantitative estimate of drug-likeness (QED) is 0.151. The van der Waals surface area contributed by atoms with Crippen LogP contribution >= 0.6 is 0 Å². The molecule has 0 aromatic heterocycles. The van der Waals surface area contributed by atoms with Crippen molar-refractivity contribution in [2.45, 2.75) is 25.7 Å². The lowest BCUT2D eigenvalue weighted by molar-refractivity contribution is 0.0943. The van der Waals surface area contributed by atoms with Gasteiger partial charge in [-0.2, -0.15) is 0 Å². The van der Waals surface area contributed by atoms with Gasteiger partial charge in [-0.05, 0) is 82.9 Å². The monoisotopic (exact) mass is 488 g/mol. The fraction of sp³-hybridized carbons (Fsp3) is 0.214. The molecule has 186 valence electrons. The Labute approximate surface area is 207 Å². The van der Waals surface area contributed by atoms with Crippen molar-refractivity contribution < 1.29 is 30.0 Å². The molecule has 0 heterocycles. The van der Waals surface area contributed by atoms with E-state index in [9.17, 15) is 30.0 Å². The molecule has 0 fully saturated rings. The third-order valence-electron chi connectivity index (χ3n) is 6.07. The van der Waals surface area contributed by atoms with Gasteiger partial charge in [-0.3, -0.25) is 9.59 Å². The van der Waals surface area contributed by atoms with E-state index < -0.39 is 0 Å². The average Bonchev–Trinajstić information content (AvgIpc) is 2.86. The minimum Gasteiger partial charge on any atom is -0.504 e. The van der Waals surface area contributed by atoms with E-state index in [1.54, 1.807) is 36.4 Å². The van der Waals surface area contributed by atoms with Crippen LogP contribution in [0.3, 0.4) is 0 Å². The lowest BCUT2D eigenvalue weighted by Crippen LogP contribution is -2.25. The number of phenols is 4. The number of hydrogen-bond acceptors (Lipinski definition) is 6. The lowest BCUT2D eigenvalue weighted by atomic mass is 10.1. The Morgan fingerprint density at radius 3 is 1.25 bits per heavy atom. The number of rotatable bonds is 9. The summed E-state index contributed by atoms with van der Waals surface area (Å²) >= 11 is 0. The first-order valence-corrected chi connectivity index (χ1v) is 11.8. The normalized spacial score (nSPS) is 11.0. The summed E-state index contributed by atoms with van der Waals surface area (Å²) in [6.45, 7) is 1.06. The van der Waals surface area contributed by atoms with Gasteiger partial charge in [0.05, 0.1) is 0 Å². The second kappa shape index (κ2) is 10.9. The van der Waals surface area contributed by atoms with E-state index in [0.717, 1.165) is 36.5 Å². The number of carbonyl (C=O) groups is 2. The number of benzene rings is 4. The molecule has 0 aliphatic rings. The number of phenolic OH excluding ortho intramolecular Hbond substituents is 4. The largest absolute Gasteiger partial charge is 0.504 e. The predicted molar refractivity (Wildman–Crippen MR) is 138 cm³/mol. The van der Waals surface area contributed by atoms with Crippen LogP contribution < -0.4 is 10.6 Å². The highest BCUT2D eigenvalue weighted by Gasteiger charge is 2.10. The molecular weight excluding hydrogens is 460 g/mol. The molecule has 36 heavy (non-hydrogen) atoms. The molecule has 8 nitrogen and oxygen atoms in total. The highest BCUT2D eigenvalue weighted by molar-refractivity contribution is 6.00. The van der Waals surface area contributed by atoms with Crippen LogP contribution in [0.2, 0.25) is 0 Å². The second-order valence-corrected chi connectivity index (χ2v) is 8.73. The van der Waals surface area contributed by atoms with Gasteiger partial charge in [0, 0.05) is 24.2 Å². The van der Waals surface area contributed by atoms with Crippen molar-refractivity contribution in [2.75, 3.05) is 13.1 Å². The third-order valence-corrected chi connectivity index (χ3v) is 6.07. The number of fused-ring (bicyclic) bond motifs is 2. The van der Waals surface area contributed by atoms with Crippen molar-refractivity contribution in [3.63, 3.8) is 0 Å². The summed E-state index contributed by atoms with van der Waals surface area (Å²) in [7, 11) is 0. The molecule has 8 heteroatoms. The smallest absolute Gasteiger partial charge is 0.251 e. The Bertz CT molecular complexity index is 1320. The van der Waals surface area contributed by atoms with Gasteiger partial charge in [-0.15, -0.1) is 0 Å². The van der Waals surface area contributed by atoms with Crippen LogP contribution in [-0.4, -0.2) is 45.3 Å². The molecule has 4 rings (SSSR count). The van der Waals surface area contributed by atoms with Crippen molar-refractivity contribution in [1.29, 1.82) is 0 Å². The standard InChI is InChI=1S/C28H28N2O6/c31-23-13-17-5-7-19(11-21(17)15-25(23)33)27(35)29-9-3-1-2-4-10-30-28(36)20-8-6-18-14-24(32)26(34)16-22(18)12-20/h5-8,11-16,31-34H,1-4,9-10H2,(H,29,35)(H,30,36). The average molecular weight is 489 g/mol. The van der Waals surface area contributed by atoms with Crippen molar-refractivity contribution in [2.24, 2.45) is 0 Å². The molecule has 0 atom stereocenters. The van der Waals surface area contributed by atoms with Crippen LogP contribution in [0.15, 0.2) is 60.7 Å². The predicted octanol–water partition coefficient (Wildman–Crippen LogP) is 4.54. The fourth-order valence-electron chi connectivity index (χ4n) is 4.04. The number of carbonyl (C=O) groups excluding carboxylic acids is 2. The van der Waals surface area contributed by atoms with Crippen LogP contribution in [-0.2, 0) is 0 Å². The summed E-state index contributed by atoms with van der Waals surface area (Å²) in [6.07, 6.45) is 3.42. The molecule has 0 bridgehead atoms. The van der Waals surface area contributed by atoms with Crippen LogP contribution in [0, 0.1) is 0 Å². The minimum absolute atomic E-state index is 0.198. The Morgan fingerprint density at radius 2 is 0.861 bits per heavy atom. The number of hydrogen-bond donors (Lipinski definition) is 6. The topological polar surface area (TPSA) is 139 Å². The Balaban J connectivity index is 1.15. The molecule has 0 unspecified atom stereocenters. The molecule has 0 saturated carbocycles. The molecule has 0 aliphatic heterocycles. The van der Waals surface area contributed by atoms with Gasteiger partial charge in [0.25, 0.3) is 11.8 Å². The first-order valence-electron chi connectivity index (χ1n) is 11.8. The highest BCUT2D eigenvalue weighted by Crippen LogP contribution is 2.31. The fourth-order valence-corrected chi connectivity index (χ4v) is 4.04. The van der Waals surface area contributed by atoms with Gasteiger partial charge >= 0.3 is 0 Å². The van der Waals surface area contributed by atoms with Crippen LogP contribution in [0.5, 0.6) is 23.0 Å². The molecule has 0 saturated heterocycles. The third kappa shape index (κ3) is 5.78. The van der Waals surface area contributed by atoms with Crippen LogP contribution in [0.1, 0.15) is 46.4 Å². The highest BCUT2D eigenvalue weighted by atomic mass is 16.3. The maximum absolute atomic E-state index is 12.4. The first-order chi connectivity index (χ1) is 17.3. The minimum atomic E-state index is -0.227. The summed E-state index contributed by atoms with van der Waals surface area (Å²) in [4.78, 5) is 24.8. The van der Waals surface area contributed by atoms with E-state index in [2.05, 4.69) is 10.6 Å². The maximum Gasteiger partial charge on any atom is 0.251 e. The zero-order chi connectivity index (χ0) is 25.7. The lowest BCUT2D eigenvalue weighted by Gasteiger charge is -2.08. The van der Waals surface area contributed by atoms with Gasteiger partial charge in [0.15, 0.2) is 23.0 Å². The Morgan fingerprint density at radius 1 is 0.500 bits per heavy atom. The zero-order valence-electron chi connectivity index (χ0n) is 19.6. The molecular formula is C28H28N2O6. The molecule has 0 spiro atoms. The Hall–Kier alpha value is -4.46. The first kappa shape index (κ1) is 24.7. The number of amides is 2. The van der Waals surface area contributed by atoms with E-state index >= 15 is 0 Å². The van der Waals surface area contributed by atoms with Crippen LogP contribution in [0.25, 0.3) is 21.5 Å². The van der Waals surface area contributed by atoms with Gasteiger partial charge in [0.1, 0.15) is 0 Å². The summed E-state index contributed by atoms with van der Waals surface area (Å²) in [5.41, 5.74) is 0.965. The van der Waals surface area contributed by atoms with Crippen molar-refractivity contribution in [3.8, 4) is 23.0 Å². The van der Waals surface area contributed by atoms with Gasteiger partial charge in [0.2, 0.25) is 0 Å². The molecule has 6 N–H and O–H groups in total. The zero-order valence-corrected chi connectivity index (χ0v) is 19.6. The molecule has 4 aromatic carbocycles. The maximum atomic E-state index is 12.4. The Kier molecular flexibility index (Phi) is 7.44. The molecule has 4 aromatic rings. The summed E-state index contributed by atoms with van der Waals surface area (Å²) < 4.78 is 0. The van der Waals surface area contributed by atoms with E-state index in [1.807, 2.05) is 0 Å².